The third kappa shape index (κ3) is 3.01. The van der Waals surface area contributed by atoms with Gasteiger partial charge < -0.3 is 14.6 Å². The molecule has 0 amide bonds. The molecule has 24 heavy (non-hydrogen) atoms. The van der Waals surface area contributed by atoms with Crippen LogP contribution in [-0.4, -0.2) is 24.1 Å². The number of rotatable bonds is 5. The highest BCUT2D eigenvalue weighted by Crippen LogP contribution is 2.33. The van der Waals surface area contributed by atoms with E-state index in [1.165, 1.54) is 0 Å². The van der Waals surface area contributed by atoms with Crippen molar-refractivity contribution in [2.75, 3.05) is 24.9 Å². The lowest BCUT2D eigenvalue weighted by Gasteiger charge is -2.12. The van der Waals surface area contributed by atoms with E-state index in [-0.39, 0.29) is 0 Å². The third-order valence-electron chi connectivity index (χ3n) is 3.73. The molecule has 0 spiro atoms. The molecular weight excluding hydrogens is 345 g/mol. The Hall–Kier alpha value is -2.35. The highest BCUT2D eigenvalue weighted by Gasteiger charge is 2.13. The van der Waals surface area contributed by atoms with Crippen molar-refractivity contribution in [1.29, 1.82) is 5.26 Å². The lowest BCUT2D eigenvalue weighted by Crippen LogP contribution is -2.02. The molecule has 1 heterocycles. The normalized spacial score (nSPS) is 10.6. The van der Waals surface area contributed by atoms with E-state index in [2.05, 4.69) is 17.5 Å². The largest absolute Gasteiger partial charge is 0.489 e. The number of aromatic nitrogens is 1. The van der Waals surface area contributed by atoms with Crippen molar-refractivity contribution >= 4 is 39.8 Å². The highest BCUT2D eigenvalue weighted by molar-refractivity contribution is 6.32. The summed E-state index contributed by atoms with van der Waals surface area (Å²) in [5, 5.41) is 14.0. The topological polar surface area (TPSA) is 50.0 Å². The van der Waals surface area contributed by atoms with Gasteiger partial charge in [-0.05, 0) is 36.4 Å². The molecule has 0 aliphatic carbocycles. The van der Waals surface area contributed by atoms with Gasteiger partial charge in [-0.3, -0.25) is 0 Å². The molecule has 2 aromatic carbocycles. The summed E-state index contributed by atoms with van der Waals surface area (Å²) < 4.78 is 7.49. The number of halogens is 2. The van der Waals surface area contributed by atoms with Crippen LogP contribution in [0, 0.1) is 11.3 Å². The predicted octanol–water partition coefficient (Wildman–Crippen LogP) is 4.81. The first kappa shape index (κ1) is 16.5. The molecule has 0 aliphatic rings. The van der Waals surface area contributed by atoms with Gasteiger partial charge in [0.25, 0.3) is 0 Å². The van der Waals surface area contributed by atoms with E-state index < -0.39 is 0 Å². The van der Waals surface area contributed by atoms with Crippen LogP contribution in [0.25, 0.3) is 16.6 Å². The Morgan fingerprint density at radius 1 is 1.25 bits per heavy atom. The summed E-state index contributed by atoms with van der Waals surface area (Å²) in [7, 11) is 1.89. The van der Waals surface area contributed by atoms with Crippen molar-refractivity contribution < 1.29 is 4.74 Å². The fraction of sp³-hybridized carbons (Fsp3) is 0.167. The molecule has 122 valence electrons. The Morgan fingerprint density at radius 2 is 2.08 bits per heavy atom. The second kappa shape index (κ2) is 7.04. The SMILES string of the molecule is CNc1ccc2c(ccn2-c2cc(Cl)c(OCCCl)c(C#N)c2)c1. The molecule has 0 saturated carbocycles. The third-order valence-corrected chi connectivity index (χ3v) is 4.16. The van der Waals surface area contributed by atoms with Crippen LogP contribution >= 0.6 is 23.2 Å². The lowest BCUT2D eigenvalue weighted by molar-refractivity contribution is 0.342. The summed E-state index contributed by atoms with van der Waals surface area (Å²) in [6, 6.07) is 13.8. The zero-order chi connectivity index (χ0) is 17.1. The molecule has 0 unspecified atom stereocenters. The molecule has 0 saturated heterocycles. The molecule has 4 nitrogen and oxygen atoms in total. The highest BCUT2D eigenvalue weighted by atomic mass is 35.5. The van der Waals surface area contributed by atoms with Crippen molar-refractivity contribution in [1.82, 2.24) is 4.57 Å². The standard InChI is InChI=1S/C18H15Cl2N3O/c1-22-14-2-3-17-12(8-14)4-6-23(17)15-9-13(11-21)18(16(20)10-15)24-7-5-19/h2-4,6,8-10,22H,5,7H2,1H3. The number of hydrogen-bond acceptors (Lipinski definition) is 3. The maximum atomic E-state index is 9.41. The Bertz CT molecular complexity index is 928. The molecule has 1 aromatic heterocycles. The Morgan fingerprint density at radius 3 is 2.79 bits per heavy atom. The van der Waals surface area contributed by atoms with E-state index in [1.807, 2.05) is 36.0 Å². The van der Waals surface area contributed by atoms with Crippen LogP contribution in [0.4, 0.5) is 5.69 Å². The monoisotopic (exact) mass is 359 g/mol. The summed E-state index contributed by atoms with van der Waals surface area (Å²) in [5.41, 5.74) is 3.27. The molecule has 0 fully saturated rings. The van der Waals surface area contributed by atoms with Gasteiger partial charge in [-0.2, -0.15) is 5.26 Å². The number of fused-ring (bicyclic) bond motifs is 1. The van der Waals surface area contributed by atoms with Crippen LogP contribution in [0.2, 0.25) is 5.02 Å². The summed E-state index contributed by atoms with van der Waals surface area (Å²) in [6.45, 7) is 0.300. The Labute approximate surface area is 150 Å². The number of alkyl halides is 1. The maximum Gasteiger partial charge on any atom is 0.155 e. The van der Waals surface area contributed by atoms with Gasteiger partial charge in [0, 0.05) is 30.0 Å². The molecule has 6 heteroatoms. The van der Waals surface area contributed by atoms with Crippen molar-refractivity contribution in [3.8, 4) is 17.5 Å². The molecule has 1 N–H and O–H groups in total. The Kier molecular flexibility index (Phi) is 4.84. The summed E-state index contributed by atoms with van der Waals surface area (Å²) >= 11 is 12.0. The maximum absolute atomic E-state index is 9.41. The molecule has 0 bridgehead atoms. The lowest BCUT2D eigenvalue weighted by atomic mass is 10.2. The van der Waals surface area contributed by atoms with Crippen LogP contribution < -0.4 is 10.1 Å². The average molecular weight is 360 g/mol. The second-order valence-corrected chi connectivity index (χ2v) is 5.95. The number of nitrogens with one attached hydrogen (secondary N) is 1. The van der Waals surface area contributed by atoms with E-state index in [0.29, 0.717) is 28.8 Å². The summed E-state index contributed by atoms with van der Waals surface area (Å²) in [6.07, 6.45) is 1.95. The van der Waals surface area contributed by atoms with Gasteiger partial charge in [0.15, 0.2) is 5.75 Å². The Balaban J connectivity index is 2.10. The number of nitrogens with zero attached hydrogens (tertiary/aromatic N) is 2. The first-order chi connectivity index (χ1) is 11.7. The van der Waals surface area contributed by atoms with Gasteiger partial charge in [-0.15, -0.1) is 11.6 Å². The predicted molar refractivity (Wildman–Crippen MR) is 98.8 cm³/mol. The van der Waals surface area contributed by atoms with Crippen LogP contribution in [0.15, 0.2) is 42.6 Å². The van der Waals surface area contributed by atoms with Crippen LogP contribution in [-0.2, 0) is 0 Å². The van der Waals surface area contributed by atoms with E-state index in [4.69, 9.17) is 27.9 Å². The second-order valence-electron chi connectivity index (χ2n) is 5.16. The van der Waals surface area contributed by atoms with E-state index >= 15 is 0 Å². The molecular formula is C18H15Cl2N3O. The van der Waals surface area contributed by atoms with Crippen molar-refractivity contribution in [2.24, 2.45) is 0 Å². The fourth-order valence-corrected chi connectivity index (χ4v) is 2.96. The van der Waals surface area contributed by atoms with Crippen molar-refractivity contribution in [3.05, 3.63) is 53.2 Å². The number of anilines is 1. The molecule has 3 aromatic rings. The van der Waals surface area contributed by atoms with Crippen LogP contribution in [0.5, 0.6) is 5.75 Å². The smallest absolute Gasteiger partial charge is 0.155 e. The fourth-order valence-electron chi connectivity index (χ4n) is 2.61. The molecule has 0 atom stereocenters. The number of hydrogen-bond donors (Lipinski definition) is 1. The average Bonchev–Trinajstić information content (AvgIpc) is 3.03. The zero-order valence-electron chi connectivity index (χ0n) is 13.0. The van der Waals surface area contributed by atoms with Crippen molar-refractivity contribution in [3.63, 3.8) is 0 Å². The van der Waals surface area contributed by atoms with E-state index in [0.717, 1.165) is 22.3 Å². The minimum Gasteiger partial charge on any atom is -0.489 e. The molecule has 0 radical (unpaired) electrons. The van der Waals surface area contributed by atoms with Gasteiger partial charge in [0.2, 0.25) is 0 Å². The molecule has 3 rings (SSSR count). The van der Waals surface area contributed by atoms with Crippen LogP contribution in [0.3, 0.4) is 0 Å². The number of nitriles is 1. The van der Waals surface area contributed by atoms with Gasteiger partial charge in [0.05, 0.1) is 22.0 Å². The minimum atomic E-state index is 0.300. The van der Waals surface area contributed by atoms with E-state index in [1.54, 1.807) is 12.1 Å². The zero-order valence-corrected chi connectivity index (χ0v) is 14.5. The first-order valence-electron chi connectivity index (χ1n) is 7.39. The van der Waals surface area contributed by atoms with Gasteiger partial charge >= 0.3 is 0 Å². The quantitative estimate of drug-likeness (QED) is 0.664. The molecule has 0 aliphatic heterocycles. The number of ether oxygens (including phenoxy) is 1. The minimum absolute atomic E-state index is 0.300. The van der Waals surface area contributed by atoms with E-state index in [9.17, 15) is 5.26 Å². The number of benzene rings is 2. The van der Waals surface area contributed by atoms with Crippen LogP contribution in [0.1, 0.15) is 5.56 Å². The summed E-state index contributed by atoms with van der Waals surface area (Å²) in [4.78, 5) is 0. The summed E-state index contributed by atoms with van der Waals surface area (Å²) in [5.74, 6) is 0.705. The first-order valence-corrected chi connectivity index (χ1v) is 8.31. The van der Waals surface area contributed by atoms with Crippen molar-refractivity contribution in [2.45, 2.75) is 0 Å². The van der Waals surface area contributed by atoms with Gasteiger partial charge in [0.1, 0.15) is 12.7 Å². The van der Waals surface area contributed by atoms with Gasteiger partial charge in [-0.1, -0.05) is 11.6 Å². The van der Waals surface area contributed by atoms with Gasteiger partial charge in [-0.25, -0.2) is 0 Å².